The molecular weight excluding hydrogens is 402 g/mol. The Labute approximate surface area is 179 Å². The van der Waals surface area contributed by atoms with Gasteiger partial charge < -0.3 is 19.5 Å². The second kappa shape index (κ2) is 7.36. The number of benzene rings is 2. The Kier molecular flexibility index (Phi) is 4.66. The standard InChI is InChI=1S/C23H22ClN3O3/c1-26-12-18(17-11-16(24)3-4-20(17)26)14-6-8-27(9-7-14)23(29)15-2-5-21-19(10-15)25-22(28)13-30-21/h2-5,10-12,14H,6-9,13H2,1H3,(H,25,28). The Balaban J connectivity index is 1.32. The zero-order valence-electron chi connectivity index (χ0n) is 16.7. The average molecular weight is 424 g/mol. The number of anilines is 1. The van der Waals surface area contributed by atoms with Crippen molar-refractivity contribution >= 4 is 40.0 Å². The quantitative estimate of drug-likeness (QED) is 0.672. The number of nitrogens with zero attached hydrogens (tertiary/aromatic N) is 2. The number of ether oxygens (including phenoxy) is 1. The summed E-state index contributed by atoms with van der Waals surface area (Å²) in [4.78, 5) is 26.5. The summed E-state index contributed by atoms with van der Waals surface area (Å²) in [7, 11) is 2.05. The van der Waals surface area contributed by atoms with Crippen LogP contribution in [-0.4, -0.2) is 41.0 Å². The number of nitrogens with one attached hydrogen (secondary N) is 1. The van der Waals surface area contributed by atoms with Gasteiger partial charge in [-0.15, -0.1) is 0 Å². The van der Waals surface area contributed by atoms with Crippen molar-refractivity contribution < 1.29 is 14.3 Å². The molecule has 6 nitrogen and oxygen atoms in total. The normalized spacial score (nSPS) is 16.9. The summed E-state index contributed by atoms with van der Waals surface area (Å²) in [5.74, 6) is 0.770. The molecule has 1 saturated heterocycles. The van der Waals surface area contributed by atoms with Crippen LogP contribution in [0.15, 0.2) is 42.6 Å². The zero-order chi connectivity index (χ0) is 20.8. The molecule has 0 spiro atoms. The Morgan fingerprint density at radius 3 is 2.77 bits per heavy atom. The second-order valence-corrected chi connectivity index (χ2v) is 8.41. The van der Waals surface area contributed by atoms with Gasteiger partial charge in [0.15, 0.2) is 6.61 Å². The van der Waals surface area contributed by atoms with Gasteiger partial charge in [-0.3, -0.25) is 9.59 Å². The van der Waals surface area contributed by atoms with Crippen molar-refractivity contribution in [2.75, 3.05) is 25.0 Å². The van der Waals surface area contributed by atoms with Crippen molar-refractivity contribution in [1.82, 2.24) is 9.47 Å². The summed E-state index contributed by atoms with van der Waals surface area (Å²) >= 11 is 6.23. The molecule has 2 aliphatic heterocycles. The number of piperidine rings is 1. The maximum Gasteiger partial charge on any atom is 0.262 e. The Hall–Kier alpha value is -2.99. The molecule has 1 fully saturated rings. The Morgan fingerprint density at radius 1 is 1.17 bits per heavy atom. The maximum absolute atomic E-state index is 13.0. The lowest BCUT2D eigenvalue weighted by atomic mass is 9.89. The Bertz CT molecular complexity index is 1160. The first kappa shape index (κ1) is 19.0. The molecular formula is C23H22ClN3O3. The zero-order valence-corrected chi connectivity index (χ0v) is 17.4. The van der Waals surface area contributed by atoms with E-state index in [-0.39, 0.29) is 18.4 Å². The fourth-order valence-corrected chi connectivity index (χ4v) is 4.68. The number of carbonyl (C=O) groups excluding carboxylic acids is 2. The van der Waals surface area contributed by atoms with E-state index in [4.69, 9.17) is 16.3 Å². The first-order valence-electron chi connectivity index (χ1n) is 10.1. The molecule has 0 atom stereocenters. The molecule has 0 saturated carbocycles. The van der Waals surface area contributed by atoms with Crippen molar-refractivity contribution in [3.8, 4) is 5.75 Å². The first-order valence-corrected chi connectivity index (χ1v) is 10.5. The molecule has 0 radical (unpaired) electrons. The minimum absolute atomic E-state index is 0.00713. The van der Waals surface area contributed by atoms with Crippen LogP contribution in [0.2, 0.25) is 5.02 Å². The average Bonchev–Trinajstić information content (AvgIpc) is 3.08. The number of halogens is 1. The van der Waals surface area contributed by atoms with Crippen molar-refractivity contribution in [2.45, 2.75) is 18.8 Å². The van der Waals surface area contributed by atoms with Crippen LogP contribution in [0.4, 0.5) is 5.69 Å². The summed E-state index contributed by atoms with van der Waals surface area (Å²) in [6.07, 6.45) is 4.00. The molecule has 154 valence electrons. The van der Waals surface area contributed by atoms with Crippen molar-refractivity contribution in [3.63, 3.8) is 0 Å². The van der Waals surface area contributed by atoms with E-state index in [1.807, 2.05) is 17.0 Å². The smallest absolute Gasteiger partial charge is 0.262 e. The lowest BCUT2D eigenvalue weighted by Crippen LogP contribution is -2.38. The molecule has 0 bridgehead atoms. The van der Waals surface area contributed by atoms with Gasteiger partial charge in [0.25, 0.3) is 11.8 Å². The molecule has 3 aromatic rings. The third kappa shape index (κ3) is 3.31. The van der Waals surface area contributed by atoms with E-state index in [1.165, 1.54) is 16.5 Å². The summed E-state index contributed by atoms with van der Waals surface area (Å²) in [6.45, 7) is 1.40. The van der Waals surface area contributed by atoms with E-state index in [0.29, 0.717) is 36.0 Å². The van der Waals surface area contributed by atoms with E-state index in [0.717, 1.165) is 17.9 Å². The highest BCUT2D eigenvalue weighted by molar-refractivity contribution is 6.31. The van der Waals surface area contributed by atoms with Gasteiger partial charge >= 0.3 is 0 Å². The van der Waals surface area contributed by atoms with Crippen LogP contribution in [0.5, 0.6) is 5.75 Å². The van der Waals surface area contributed by atoms with Crippen molar-refractivity contribution in [2.24, 2.45) is 7.05 Å². The molecule has 30 heavy (non-hydrogen) atoms. The highest BCUT2D eigenvalue weighted by Gasteiger charge is 2.27. The molecule has 0 unspecified atom stereocenters. The number of hydrogen-bond donors (Lipinski definition) is 1. The lowest BCUT2D eigenvalue weighted by molar-refractivity contribution is -0.118. The number of likely N-dealkylation sites (tertiary alicyclic amines) is 1. The van der Waals surface area contributed by atoms with Crippen LogP contribution < -0.4 is 10.1 Å². The molecule has 7 heteroatoms. The van der Waals surface area contributed by atoms with Crippen LogP contribution in [0.1, 0.15) is 34.7 Å². The van der Waals surface area contributed by atoms with Gasteiger partial charge in [0, 0.05) is 47.8 Å². The van der Waals surface area contributed by atoms with Gasteiger partial charge in [-0.1, -0.05) is 11.6 Å². The van der Waals surface area contributed by atoms with E-state index >= 15 is 0 Å². The first-order chi connectivity index (χ1) is 14.5. The van der Waals surface area contributed by atoms with Gasteiger partial charge in [-0.05, 0) is 60.7 Å². The topological polar surface area (TPSA) is 63.6 Å². The summed E-state index contributed by atoms with van der Waals surface area (Å²) in [6, 6.07) is 11.2. The van der Waals surface area contributed by atoms with Crippen LogP contribution in [-0.2, 0) is 11.8 Å². The molecule has 0 aliphatic carbocycles. The largest absolute Gasteiger partial charge is 0.482 e. The number of fused-ring (bicyclic) bond motifs is 2. The van der Waals surface area contributed by atoms with E-state index in [2.05, 4.69) is 29.2 Å². The fourth-order valence-electron chi connectivity index (χ4n) is 4.51. The van der Waals surface area contributed by atoms with E-state index in [9.17, 15) is 9.59 Å². The second-order valence-electron chi connectivity index (χ2n) is 7.97. The van der Waals surface area contributed by atoms with Gasteiger partial charge in [0.05, 0.1) is 5.69 Å². The molecule has 2 aliphatic rings. The summed E-state index contributed by atoms with van der Waals surface area (Å²) < 4.78 is 7.52. The van der Waals surface area contributed by atoms with E-state index in [1.54, 1.807) is 18.2 Å². The molecule has 1 aromatic heterocycles. The maximum atomic E-state index is 13.0. The number of hydrogen-bond acceptors (Lipinski definition) is 3. The van der Waals surface area contributed by atoms with Crippen LogP contribution in [0, 0.1) is 0 Å². The number of carbonyl (C=O) groups is 2. The number of rotatable bonds is 2. The molecule has 5 rings (SSSR count). The molecule has 1 N–H and O–H groups in total. The predicted molar refractivity (Wildman–Crippen MR) is 116 cm³/mol. The van der Waals surface area contributed by atoms with Gasteiger partial charge in [0.1, 0.15) is 5.75 Å². The van der Waals surface area contributed by atoms with Crippen LogP contribution in [0.3, 0.4) is 0 Å². The number of aryl methyl sites for hydroxylation is 1. The monoisotopic (exact) mass is 423 g/mol. The highest BCUT2D eigenvalue weighted by atomic mass is 35.5. The van der Waals surface area contributed by atoms with Crippen molar-refractivity contribution in [1.29, 1.82) is 0 Å². The SMILES string of the molecule is Cn1cc(C2CCN(C(=O)c3ccc4c(c3)NC(=O)CO4)CC2)c2cc(Cl)ccc21. The van der Waals surface area contributed by atoms with Crippen molar-refractivity contribution in [3.05, 3.63) is 58.7 Å². The van der Waals surface area contributed by atoms with Gasteiger partial charge in [-0.2, -0.15) is 0 Å². The van der Waals surface area contributed by atoms with E-state index < -0.39 is 0 Å². The molecule has 2 aromatic carbocycles. The summed E-state index contributed by atoms with van der Waals surface area (Å²) in [5, 5.41) is 4.70. The summed E-state index contributed by atoms with van der Waals surface area (Å²) in [5.41, 5.74) is 3.59. The predicted octanol–water partition coefficient (Wildman–Crippen LogP) is 4.18. The molecule has 3 heterocycles. The third-order valence-corrected chi connectivity index (χ3v) is 6.30. The van der Waals surface area contributed by atoms with Gasteiger partial charge in [-0.25, -0.2) is 0 Å². The Morgan fingerprint density at radius 2 is 1.97 bits per heavy atom. The molecule has 2 amide bonds. The lowest BCUT2D eigenvalue weighted by Gasteiger charge is -2.32. The number of amides is 2. The minimum Gasteiger partial charge on any atom is -0.482 e. The van der Waals surface area contributed by atoms with Gasteiger partial charge in [0.2, 0.25) is 0 Å². The van der Waals surface area contributed by atoms with Crippen LogP contribution in [0.25, 0.3) is 10.9 Å². The van der Waals surface area contributed by atoms with Crippen LogP contribution >= 0.6 is 11.6 Å². The fraction of sp³-hybridized carbons (Fsp3) is 0.304. The third-order valence-electron chi connectivity index (χ3n) is 6.06. The highest BCUT2D eigenvalue weighted by Crippen LogP contribution is 2.36. The minimum atomic E-state index is -0.205. The number of aromatic nitrogens is 1.